The lowest BCUT2D eigenvalue weighted by molar-refractivity contribution is -0.0498. The van der Waals surface area contributed by atoms with Crippen LogP contribution in [-0.2, 0) is 0 Å². The molecule has 0 aliphatic heterocycles. The van der Waals surface area contributed by atoms with Crippen LogP contribution in [0.5, 0.6) is 5.75 Å². The summed E-state index contributed by atoms with van der Waals surface area (Å²) in [5.41, 5.74) is 0.855. The number of halogens is 2. The van der Waals surface area contributed by atoms with Crippen LogP contribution in [0.4, 0.5) is 8.78 Å². The van der Waals surface area contributed by atoms with Crippen molar-refractivity contribution >= 4 is 17.2 Å². The normalized spacial score (nSPS) is 10.8. The van der Waals surface area contributed by atoms with Gasteiger partial charge < -0.3 is 15.0 Å². The Balaban J connectivity index is 2.08. The lowest BCUT2D eigenvalue weighted by atomic mass is 10.2. The van der Waals surface area contributed by atoms with Crippen molar-refractivity contribution in [2.75, 3.05) is 27.2 Å². The molecule has 0 radical (unpaired) electrons. The molecule has 1 heterocycles. The van der Waals surface area contributed by atoms with Crippen LogP contribution in [0.15, 0.2) is 36.4 Å². The second-order valence-corrected chi connectivity index (χ2v) is 5.98. The molecule has 0 spiro atoms. The van der Waals surface area contributed by atoms with Gasteiger partial charge in [0.25, 0.3) is 5.91 Å². The summed E-state index contributed by atoms with van der Waals surface area (Å²) in [6.07, 6.45) is 0. The van der Waals surface area contributed by atoms with Gasteiger partial charge in [0.05, 0.1) is 4.88 Å². The Bertz CT molecular complexity index is 644. The van der Waals surface area contributed by atoms with E-state index in [9.17, 15) is 13.6 Å². The van der Waals surface area contributed by atoms with Crippen molar-refractivity contribution in [1.29, 1.82) is 0 Å². The maximum atomic E-state index is 12.3. The van der Waals surface area contributed by atoms with E-state index in [1.54, 1.807) is 30.1 Å². The average molecular weight is 340 g/mol. The zero-order chi connectivity index (χ0) is 16.8. The molecule has 0 aliphatic rings. The van der Waals surface area contributed by atoms with Gasteiger partial charge in [-0.2, -0.15) is 8.78 Å². The zero-order valence-electron chi connectivity index (χ0n) is 12.9. The first kappa shape index (κ1) is 17.4. The Hall–Kier alpha value is -1.99. The highest BCUT2D eigenvalue weighted by atomic mass is 32.1. The van der Waals surface area contributed by atoms with Crippen molar-refractivity contribution in [3.63, 3.8) is 0 Å². The lowest BCUT2D eigenvalue weighted by Gasteiger charge is -2.15. The van der Waals surface area contributed by atoms with Gasteiger partial charge in [0.15, 0.2) is 0 Å². The number of alkyl halides is 2. The van der Waals surface area contributed by atoms with E-state index in [2.05, 4.69) is 10.1 Å². The monoisotopic (exact) mass is 340 g/mol. The highest BCUT2D eigenvalue weighted by Crippen LogP contribution is 2.30. The Morgan fingerprint density at radius 1 is 1.26 bits per heavy atom. The molecule has 124 valence electrons. The van der Waals surface area contributed by atoms with Crippen LogP contribution >= 0.6 is 11.3 Å². The minimum atomic E-state index is -2.83. The van der Waals surface area contributed by atoms with Crippen molar-refractivity contribution < 1.29 is 18.3 Å². The van der Waals surface area contributed by atoms with Crippen LogP contribution in [0.25, 0.3) is 10.4 Å². The molecule has 0 atom stereocenters. The third-order valence-electron chi connectivity index (χ3n) is 3.22. The molecule has 0 saturated heterocycles. The van der Waals surface area contributed by atoms with Gasteiger partial charge in [-0.05, 0) is 49.0 Å². The lowest BCUT2D eigenvalue weighted by Crippen LogP contribution is -2.32. The Morgan fingerprint density at radius 2 is 1.96 bits per heavy atom. The van der Waals surface area contributed by atoms with Gasteiger partial charge in [0.1, 0.15) is 5.75 Å². The summed E-state index contributed by atoms with van der Waals surface area (Å²) in [6.45, 7) is -1.48. The largest absolute Gasteiger partial charge is 0.435 e. The molecular weight excluding hydrogens is 322 g/mol. The SMILES string of the molecule is CNCCN(C)C(=O)c1ccc(-c2ccc(OC(F)F)cc2)s1. The summed E-state index contributed by atoms with van der Waals surface area (Å²) < 4.78 is 28.6. The number of hydrogen-bond acceptors (Lipinski definition) is 4. The maximum Gasteiger partial charge on any atom is 0.387 e. The van der Waals surface area contributed by atoms with Gasteiger partial charge >= 0.3 is 6.61 Å². The fourth-order valence-corrected chi connectivity index (χ4v) is 2.98. The van der Waals surface area contributed by atoms with Crippen LogP contribution in [-0.4, -0.2) is 44.6 Å². The predicted molar refractivity (Wildman–Crippen MR) is 87.3 cm³/mol. The molecule has 0 aliphatic carbocycles. The highest BCUT2D eigenvalue weighted by Gasteiger charge is 2.14. The van der Waals surface area contributed by atoms with Crippen molar-refractivity contribution in [3.05, 3.63) is 41.3 Å². The van der Waals surface area contributed by atoms with Crippen LogP contribution in [0.1, 0.15) is 9.67 Å². The third-order valence-corrected chi connectivity index (χ3v) is 4.35. The summed E-state index contributed by atoms with van der Waals surface area (Å²) in [5, 5.41) is 3.00. The second-order valence-electron chi connectivity index (χ2n) is 4.90. The minimum absolute atomic E-state index is 0.0332. The number of likely N-dealkylation sites (N-methyl/N-ethyl adjacent to an activating group) is 2. The van der Waals surface area contributed by atoms with E-state index < -0.39 is 6.61 Å². The van der Waals surface area contributed by atoms with Gasteiger partial charge in [-0.25, -0.2) is 0 Å². The second kappa shape index (κ2) is 8.03. The molecule has 1 aromatic carbocycles. The number of thiophene rings is 1. The summed E-state index contributed by atoms with van der Waals surface area (Å²) in [7, 11) is 3.60. The summed E-state index contributed by atoms with van der Waals surface area (Å²) in [5.74, 6) is 0.0811. The van der Waals surface area contributed by atoms with Crippen molar-refractivity contribution in [2.45, 2.75) is 6.61 Å². The van der Waals surface area contributed by atoms with Gasteiger partial charge in [-0.15, -0.1) is 11.3 Å². The molecule has 1 amide bonds. The van der Waals surface area contributed by atoms with E-state index in [0.717, 1.165) is 17.0 Å². The number of rotatable bonds is 7. The molecule has 0 bridgehead atoms. The maximum absolute atomic E-state index is 12.3. The molecule has 0 saturated carbocycles. The van der Waals surface area contributed by atoms with Crippen molar-refractivity contribution in [1.82, 2.24) is 10.2 Å². The number of hydrogen-bond donors (Lipinski definition) is 1. The fraction of sp³-hybridized carbons (Fsp3) is 0.312. The molecule has 0 unspecified atom stereocenters. The first-order valence-electron chi connectivity index (χ1n) is 7.06. The topological polar surface area (TPSA) is 41.6 Å². The average Bonchev–Trinajstić information content (AvgIpc) is 3.02. The van der Waals surface area contributed by atoms with E-state index in [-0.39, 0.29) is 11.7 Å². The molecular formula is C16H18F2N2O2S. The highest BCUT2D eigenvalue weighted by molar-refractivity contribution is 7.17. The standard InChI is InChI=1S/C16H18F2N2O2S/c1-19-9-10-20(2)15(21)14-8-7-13(23-14)11-3-5-12(6-4-11)22-16(17)18/h3-8,16,19H,9-10H2,1-2H3. The van der Waals surface area contributed by atoms with E-state index in [0.29, 0.717) is 11.4 Å². The third kappa shape index (κ3) is 4.74. The van der Waals surface area contributed by atoms with Crippen molar-refractivity contribution in [3.8, 4) is 16.2 Å². The van der Waals surface area contributed by atoms with E-state index in [1.807, 2.05) is 13.1 Å². The summed E-state index contributed by atoms with van der Waals surface area (Å²) >= 11 is 1.38. The Kier molecular flexibility index (Phi) is 6.06. The van der Waals surface area contributed by atoms with E-state index in [4.69, 9.17) is 0 Å². The molecule has 0 fully saturated rings. The van der Waals surface area contributed by atoms with Crippen molar-refractivity contribution in [2.24, 2.45) is 0 Å². The minimum Gasteiger partial charge on any atom is -0.435 e. The van der Waals surface area contributed by atoms with Gasteiger partial charge in [-0.3, -0.25) is 4.79 Å². The summed E-state index contributed by atoms with van der Waals surface area (Å²) in [6, 6.07) is 10.0. The van der Waals surface area contributed by atoms with Crippen LogP contribution in [0.2, 0.25) is 0 Å². The Labute approximate surface area is 137 Å². The number of carbonyl (C=O) groups is 1. The summed E-state index contributed by atoms with van der Waals surface area (Å²) in [4.78, 5) is 15.5. The number of amides is 1. The van der Waals surface area contributed by atoms with E-state index >= 15 is 0 Å². The van der Waals surface area contributed by atoms with Gasteiger partial charge in [0, 0.05) is 25.0 Å². The smallest absolute Gasteiger partial charge is 0.387 e. The van der Waals surface area contributed by atoms with E-state index in [1.165, 1.54) is 23.5 Å². The quantitative estimate of drug-likeness (QED) is 0.841. The number of carbonyl (C=O) groups excluding carboxylic acids is 1. The van der Waals surface area contributed by atoms with Gasteiger partial charge in [0.2, 0.25) is 0 Å². The fourth-order valence-electron chi connectivity index (χ4n) is 1.98. The van der Waals surface area contributed by atoms with Crippen LogP contribution in [0, 0.1) is 0 Å². The molecule has 7 heteroatoms. The number of nitrogens with zero attached hydrogens (tertiary/aromatic N) is 1. The molecule has 23 heavy (non-hydrogen) atoms. The molecule has 2 aromatic rings. The number of benzene rings is 1. The molecule has 4 nitrogen and oxygen atoms in total. The van der Waals surface area contributed by atoms with Gasteiger partial charge in [-0.1, -0.05) is 0 Å². The molecule has 1 N–H and O–H groups in total. The number of ether oxygens (including phenoxy) is 1. The number of nitrogens with one attached hydrogen (secondary N) is 1. The molecule has 1 aromatic heterocycles. The molecule has 2 rings (SSSR count). The van der Waals surface area contributed by atoms with Crippen LogP contribution in [0.3, 0.4) is 0 Å². The Morgan fingerprint density at radius 3 is 2.57 bits per heavy atom. The first-order valence-corrected chi connectivity index (χ1v) is 7.88. The first-order chi connectivity index (χ1) is 11.0. The zero-order valence-corrected chi connectivity index (χ0v) is 13.7. The van der Waals surface area contributed by atoms with Crippen LogP contribution < -0.4 is 10.1 Å². The predicted octanol–water partition coefficient (Wildman–Crippen LogP) is 3.31.